The fourth-order valence-electron chi connectivity index (χ4n) is 3.40. The fourth-order valence-corrected chi connectivity index (χ4v) is 3.40. The van der Waals surface area contributed by atoms with E-state index < -0.39 is 4.92 Å². The Morgan fingerprint density at radius 2 is 1.82 bits per heavy atom. The van der Waals surface area contributed by atoms with Gasteiger partial charge in [0.15, 0.2) is 0 Å². The molecule has 0 aliphatic heterocycles. The van der Waals surface area contributed by atoms with E-state index in [1.165, 1.54) is 12.1 Å². The van der Waals surface area contributed by atoms with E-state index in [9.17, 15) is 14.9 Å². The van der Waals surface area contributed by atoms with E-state index >= 15 is 0 Å². The van der Waals surface area contributed by atoms with Crippen molar-refractivity contribution in [1.82, 2.24) is 10.2 Å². The Kier molecular flexibility index (Phi) is 5.70. The average Bonchev–Trinajstić information content (AvgIpc) is 2.67. The second-order valence-electron chi connectivity index (χ2n) is 7.02. The summed E-state index contributed by atoms with van der Waals surface area (Å²) in [6.45, 7) is 2.06. The van der Waals surface area contributed by atoms with Crippen LogP contribution in [-0.4, -0.2) is 36.4 Å². The maximum Gasteiger partial charge on any atom is 0.272 e. The molecule has 6 heteroatoms. The molecule has 0 bridgehead atoms. The van der Waals surface area contributed by atoms with Crippen molar-refractivity contribution in [2.24, 2.45) is 0 Å². The molecule has 1 N–H and O–H groups in total. The summed E-state index contributed by atoms with van der Waals surface area (Å²) in [6.07, 6.45) is 0. The zero-order valence-corrected chi connectivity index (χ0v) is 16.2. The average molecular weight is 377 g/mol. The molecule has 1 unspecified atom stereocenters. The monoisotopic (exact) mass is 377 g/mol. The van der Waals surface area contributed by atoms with Gasteiger partial charge in [-0.2, -0.15) is 0 Å². The van der Waals surface area contributed by atoms with Crippen LogP contribution in [0, 0.1) is 17.0 Å². The number of amides is 1. The molecule has 0 fully saturated rings. The predicted molar refractivity (Wildman–Crippen MR) is 111 cm³/mol. The van der Waals surface area contributed by atoms with E-state index in [-0.39, 0.29) is 17.6 Å². The van der Waals surface area contributed by atoms with E-state index in [1.54, 1.807) is 13.0 Å². The Bertz CT molecular complexity index is 1030. The highest BCUT2D eigenvalue weighted by molar-refractivity contribution is 5.94. The first-order valence-electron chi connectivity index (χ1n) is 9.06. The maximum absolute atomic E-state index is 12.6. The number of hydrogen-bond donors (Lipinski definition) is 1. The molecule has 3 aromatic carbocycles. The Balaban J connectivity index is 1.81. The summed E-state index contributed by atoms with van der Waals surface area (Å²) in [6, 6.07) is 18.8. The molecule has 0 saturated heterocycles. The van der Waals surface area contributed by atoms with Crippen LogP contribution in [-0.2, 0) is 0 Å². The molecule has 0 heterocycles. The first-order chi connectivity index (χ1) is 13.4. The van der Waals surface area contributed by atoms with Crippen LogP contribution in [0.4, 0.5) is 5.69 Å². The number of nitrogens with one attached hydrogen (secondary N) is 1. The van der Waals surface area contributed by atoms with Gasteiger partial charge in [-0.15, -0.1) is 0 Å². The molecule has 144 valence electrons. The van der Waals surface area contributed by atoms with Crippen molar-refractivity contribution in [2.75, 3.05) is 20.6 Å². The van der Waals surface area contributed by atoms with Crippen LogP contribution in [0.15, 0.2) is 60.7 Å². The first-order valence-corrected chi connectivity index (χ1v) is 9.06. The van der Waals surface area contributed by atoms with Crippen LogP contribution in [0.1, 0.15) is 27.5 Å². The van der Waals surface area contributed by atoms with Gasteiger partial charge in [0.2, 0.25) is 0 Å². The summed E-state index contributed by atoms with van der Waals surface area (Å²) in [5.74, 6) is -0.245. The zero-order valence-electron chi connectivity index (χ0n) is 16.2. The Morgan fingerprint density at radius 3 is 2.50 bits per heavy atom. The van der Waals surface area contributed by atoms with Gasteiger partial charge in [0.25, 0.3) is 11.6 Å². The van der Waals surface area contributed by atoms with Gasteiger partial charge in [0.05, 0.1) is 11.0 Å². The lowest BCUT2D eigenvalue weighted by molar-refractivity contribution is -0.385. The number of rotatable bonds is 6. The third-order valence-corrected chi connectivity index (χ3v) is 4.92. The van der Waals surface area contributed by atoms with Crippen molar-refractivity contribution in [1.29, 1.82) is 0 Å². The molecular formula is C22H23N3O3. The SMILES string of the molecule is Cc1cc(C(=O)NCC(c2cccc3ccccc23)N(C)C)ccc1[N+](=O)[O-]. The van der Waals surface area contributed by atoms with Crippen molar-refractivity contribution in [3.05, 3.63) is 87.5 Å². The van der Waals surface area contributed by atoms with Crippen molar-refractivity contribution in [3.8, 4) is 0 Å². The summed E-state index contributed by atoms with van der Waals surface area (Å²) >= 11 is 0. The van der Waals surface area contributed by atoms with E-state index in [0.717, 1.165) is 16.3 Å². The van der Waals surface area contributed by atoms with Crippen molar-refractivity contribution in [3.63, 3.8) is 0 Å². The summed E-state index contributed by atoms with van der Waals surface area (Å²) in [4.78, 5) is 25.2. The van der Waals surface area contributed by atoms with E-state index in [1.807, 2.05) is 32.3 Å². The maximum atomic E-state index is 12.6. The quantitative estimate of drug-likeness (QED) is 0.519. The van der Waals surface area contributed by atoms with Gasteiger partial charge in [-0.3, -0.25) is 14.9 Å². The highest BCUT2D eigenvalue weighted by atomic mass is 16.6. The zero-order chi connectivity index (χ0) is 20.3. The predicted octanol–water partition coefficient (Wildman–Crippen LogP) is 4.09. The molecule has 0 saturated carbocycles. The topological polar surface area (TPSA) is 75.5 Å². The third kappa shape index (κ3) is 4.02. The number of likely N-dealkylation sites (N-methyl/N-ethyl adjacent to an activating group) is 1. The van der Waals surface area contributed by atoms with Crippen molar-refractivity contribution >= 4 is 22.4 Å². The van der Waals surface area contributed by atoms with E-state index in [2.05, 4.69) is 34.5 Å². The van der Waals surface area contributed by atoms with Gasteiger partial charge >= 0.3 is 0 Å². The lowest BCUT2D eigenvalue weighted by atomic mass is 9.98. The number of carbonyl (C=O) groups is 1. The van der Waals surface area contributed by atoms with E-state index in [0.29, 0.717) is 17.7 Å². The number of carbonyl (C=O) groups excluding carboxylic acids is 1. The molecular weight excluding hydrogens is 354 g/mol. The van der Waals surface area contributed by atoms with Crippen LogP contribution in [0.5, 0.6) is 0 Å². The van der Waals surface area contributed by atoms with Gasteiger partial charge in [-0.05, 0) is 49.5 Å². The molecule has 0 aliphatic carbocycles. The van der Waals surface area contributed by atoms with Gasteiger partial charge in [0, 0.05) is 23.7 Å². The molecule has 1 amide bonds. The summed E-state index contributed by atoms with van der Waals surface area (Å²) in [7, 11) is 3.96. The molecule has 0 spiro atoms. The Labute approximate surface area is 163 Å². The van der Waals surface area contributed by atoms with Crippen LogP contribution in [0.2, 0.25) is 0 Å². The molecule has 0 radical (unpaired) electrons. The van der Waals surface area contributed by atoms with Crippen LogP contribution >= 0.6 is 0 Å². The van der Waals surface area contributed by atoms with Crippen LogP contribution in [0.3, 0.4) is 0 Å². The Morgan fingerprint density at radius 1 is 1.11 bits per heavy atom. The molecule has 28 heavy (non-hydrogen) atoms. The minimum atomic E-state index is -0.445. The normalized spacial score (nSPS) is 12.1. The van der Waals surface area contributed by atoms with Gasteiger partial charge in [0.1, 0.15) is 0 Å². The number of fused-ring (bicyclic) bond motifs is 1. The van der Waals surface area contributed by atoms with Gasteiger partial charge in [-0.1, -0.05) is 42.5 Å². The lowest BCUT2D eigenvalue weighted by Gasteiger charge is -2.26. The number of aryl methyl sites for hydroxylation is 1. The van der Waals surface area contributed by atoms with Gasteiger partial charge in [-0.25, -0.2) is 0 Å². The highest BCUT2D eigenvalue weighted by Gasteiger charge is 2.19. The molecule has 1 atom stereocenters. The number of nitro benzene ring substituents is 1. The molecule has 3 aromatic rings. The van der Waals surface area contributed by atoms with Gasteiger partial charge < -0.3 is 10.2 Å². The molecule has 3 rings (SSSR count). The van der Waals surface area contributed by atoms with Crippen LogP contribution in [0.25, 0.3) is 10.8 Å². The number of hydrogen-bond acceptors (Lipinski definition) is 4. The Hall–Kier alpha value is -3.25. The lowest BCUT2D eigenvalue weighted by Crippen LogP contribution is -2.34. The second kappa shape index (κ2) is 8.19. The number of nitrogens with zero attached hydrogens (tertiary/aromatic N) is 2. The van der Waals surface area contributed by atoms with Crippen molar-refractivity contribution in [2.45, 2.75) is 13.0 Å². The van der Waals surface area contributed by atoms with Crippen molar-refractivity contribution < 1.29 is 9.72 Å². The van der Waals surface area contributed by atoms with Crippen LogP contribution < -0.4 is 5.32 Å². The molecule has 6 nitrogen and oxygen atoms in total. The standard InChI is InChI=1S/C22H23N3O3/c1-15-13-17(11-12-20(15)25(27)28)22(26)23-14-21(24(2)3)19-10-6-8-16-7-4-5-9-18(16)19/h4-13,21H,14H2,1-3H3,(H,23,26). The fraction of sp³-hybridized carbons (Fsp3) is 0.227. The first kappa shape index (κ1) is 19.5. The summed E-state index contributed by atoms with van der Waals surface area (Å²) in [5.41, 5.74) is 2.04. The minimum Gasteiger partial charge on any atom is -0.350 e. The molecule has 0 aromatic heterocycles. The molecule has 0 aliphatic rings. The largest absolute Gasteiger partial charge is 0.350 e. The highest BCUT2D eigenvalue weighted by Crippen LogP contribution is 2.27. The minimum absolute atomic E-state index is 0.00537. The summed E-state index contributed by atoms with van der Waals surface area (Å²) in [5, 5.41) is 16.2. The second-order valence-corrected chi connectivity index (χ2v) is 7.02. The van der Waals surface area contributed by atoms with E-state index in [4.69, 9.17) is 0 Å². The smallest absolute Gasteiger partial charge is 0.272 e. The number of benzene rings is 3. The third-order valence-electron chi connectivity index (χ3n) is 4.92. The number of nitro groups is 1. The summed E-state index contributed by atoms with van der Waals surface area (Å²) < 4.78 is 0.